The molecule has 0 radical (unpaired) electrons. The van der Waals surface area contributed by atoms with Gasteiger partial charge in [0.1, 0.15) is 5.82 Å². The Bertz CT molecular complexity index is 705. The first kappa shape index (κ1) is 15.0. The Balaban J connectivity index is 1.88. The lowest BCUT2D eigenvalue weighted by Crippen LogP contribution is -2.35. The maximum absolute atomic E-state index is 12.2. The maximum atomic E-state index is 12.2. The molecule has 0 saturated carbocycles. The number of anilines is 1. The number of hydrogen-bond donors (Lipinski definition) is 2. The van der Waals surface area contributed by atoms with Crippen molar-refractivity contribution < 1.29 is 4.79 Å². The van der Waals surface area contributed by atoms with Gasteiger partial charge >= 0.3 is 0 Å². The molecule has 1 aliphatic rings. The van der Waals surface area contributed by atoms with Crippen molar-refractivity contribution in [2.45, 2.75) is 45.1 Å². The molecule has 2 aromatic rings. The van der Waals surface area contributed by atoms with Crippen LogP contribution in [0.25, 0.3) is 11.0 Å². The molecule has 1 aliphatic heterocycles. The molecule has 0 aliphatic carbocycles. The fourth-order valence-electron chi connectivity index (χ4n) is 3.09. The van der Waals surface area contributed by atoms with Gasteiger partial charge in [-0.05, 0) is 37.6 Å². The van der Waals surface area contributed by atoms with Crippen LogP contribution in [0.3, 0.4) is 0 Å². The van der Waals surface area contributed by atoms with Crippen LogP contribution in [-0.2, 0) is 17.3 Å². The van der Waals surface area contributed by atoms with E-state index in [1.54, 1.807) is 0 Å². The van der Waals surface area contributed by atoms with E-state index < -0.39 is 0 Å². The van der Waals surface area contributed by atoms with Crippen LogP contribution in [0.4, 0.5) is 5.69 Å². The zero-order chi connectivity index (χ0) is 15.9. The molecule has 1 saturated heterocycles. The van der Waals surface area contributed by atoms with Crippen molar-refractivity contribution in [1.29, 1.82) is 0 Å². The molecule has 2 heterocycles. The van der Waals surface area contributed by atoms with Crippen LogP contribution >= 0.6 is 0 Å². The Morgan fingerprint density at radius 2 is 2.18 bits per heavy atom. The Morgan fingerprint density at radius 3 is 2.82 bits per heavy atom. The molecule has 5 heteroatoms. The standard InChI is InChI=1S/C17H24N4O/c1-17(2,3)16-20-13-10-11(7-8-14(13)21(16)4)19-15(22)12-6-5-9-18-12/h7-8,10,12,18H,5-6,9H2,1-4H3,(H,19,22). The number of fused-ring (bicyclic) bond motifs is 1. The molecule has 1 unspecified atom stereocenters. The first-order chi connectivity index (χ1) is 10.4. The summed E-state index contributed by atoms with van der Waals surface area (Å²) in [7, 11) is 2.04. The SMILES string of the molecule is Cn1c(C(C)(C)C)nc2cc(NC(=O)C3CCCN3)ccc21. The second-order valence-corrected chi connectivity index (χ2v) is 7.09. The number of nitrogens with zero attached hydrogens (tertiary/aromatic N) is 2. The minimum absolute atomic E-state index is 0.00898. The zero-order valence-electron chi connectivity index (χ0n) is 13.7. The lowest BCUT2D eigenvalue weighted by molar-refractivity contribution is -0.117. The van der Waals surface area contributed by atoms with Crippen LogP contribution in [0.5, 0.6) is 0 Å². The summed E-state index contributed by atoms with van der Waals surface area (Å²) in [5, 5.41) is 6.21. The highest BCUT2D eigenvalue weighted by Gasteiger charge is 2.23. The Kier molecular flexibility index (Phi) is 3.68. The van der Waals surface area contributed by atoms with Crippen molar-refractivity contribution in [3.8, 4) is 0 Å². The fraction of sp³-hybridized carbons (Fsp3) is 0.529. The summed E-state index contributed by atoms with van der Waals surface area (Å²) in [5.41, 5.74) is 2.81. The van der Waals surface area contributed by atoms with E-state index in [1.807, 2.05) is 25.2 Å². The second-order valence-electron chi connectivity index (χ2n) is 7.09. The molecule has 2 N–H and O–H groups in total. The highest BCUT2D eigenvalue weighted by Crippen LogP contribution is 2.27. The Labute approximate surface area is 131 Å². The molecule has 0 spiro atoms. The first-order valence-electron chi connectivity index (χ1n) is 7.87. The molecular formula is C17H24N4O. The van der Waals surface area contributed by atoms with Crippen LogP contribution < -0.4 is 10.6 Å². The van der Waals surface area contributed by atoms with E-state index in [4.69, 9.17) is 4.98 Å². The van der Waals surface area contributed by atoms with Crippen LogP contribution in [0, 0.1) is 0 Å². The van der Waals surface area contributed by atoms with E-state index in [9.17, 15) is 4.79 Å². The van der Waals surface area contributed by atoms with Gasteiger partial charge in [-0.2, -0.15) is 0 Å². The van der Waals surface area contributed by atoms with E-state index >= 15 is 0 Å². The quantitative estimate of drug-likeness (QED) is 0.896. The number of imidazole rings is 1. The summed E-state index contributed by atoms with van der Waals surface area (Å²) in [4.78, 5) is 16.9. The van der Waals surface area contributed by atoms with Gasteiger partial charge in [0.05, 0.1) is 17.1 Å². The van der Waals surface area contributed by atoms with Gasteiger partial charge in [0.2, 0.25) is 5.91 Å². The number of aromatic nitrogens is 2. The van der Waals surface area contributed by atoms with Gasteiger partial charge in [-0.3, -0.25) is 4.79 Å². The van der Waals surface area contributed by atoms with Gasteiger partial charge in [-0.1, -0.05) is 20.8 Å². The summed E-state index contributed by atoms with van der Waals surface area (Å²) in [5.74, 6) is 1.09. The highest BCUT2D eigenvalue weighted by molar-refractivity contribution is 5.96. The second kappa shape index (κ2) is 5.39. The molecule has 22 heavy (non-hydrogen) atoms. The van der Waals surface area contributed by atoms with Crippen molar-refractivity contribution in [2.75, 3.05) is 11.9 Å². The third-order valence-corrected chi connectivity index (χ3v) is 4.20. The third-order valence-electron chi connectivity index (χ3n) is 4.20. The number of amides is 1. The Morgan fingerprint density at radius 1 is 1.41 bits per heavy atom. The van der Waals surface area contributed by atoms with E-state index in [0.29, 0.717) is 0 Å². The molecule has 3 rings (SSSR count). The van der Waals surface area contributed by atoms with Crippen LogP contribution in [0.15, 0.2) is 18.2 Å². The van der Waals surface area contributed by atoms with Crippen molar-refractivity contribution in [3.05, 3.63) is 24.0 Å². The van der Waals surface area contributed by atoms with Crippen molar-refractivity contribution >= 4 is 22.6 Å². The average molecular weight is 300 g/mol. The van der Waals surface area contributed by atoms with Crippen LogP contribution in [-0.4, -0.2) is 28.0 Å². The number of aryl methyl sites for hydroxylation is 1. The smallest absolute Gasteiger partial charge is 0.241 e. The number of hydrogen-bond acceptors (Lipinski definition) is 3. The van der Waals surface area contributed by atoms with Crippen molar-refractivity contribution in [2.24, 2.45) is 7.05 Å². The van der Waals surface area contributed by atoms with E-state index in [2.05, 4.69) is 36.0 Å². The predicted molar refractivity (Wildman–Crippen MR) is 89.1 cm³/mol. The van der Waals surface area contributed by atoms with Gasteiger partial charge in [0.15, 0.2) is 0 Å². The lowest BCUT2D eigenvalue weighted by atomic mass is 9.96. The molecule has 1 amide bonds. The van der Waals surface area contributed by atoms with E-state index in [1.165, 1.54) is 0 Å². The third kappa shape index (κ3) is 2.73. The number of benzene rings is 1. The number of nitrogens with one attached hydrogen (secondary N) is 2. The number of rotatable bonds is 2. The van der Waals surface area contributed by atoms with Crippen molar-refractivity contribution in [3.63, 3.8) is 0 Å². The summed E-state index contributed by atoms with van der Waals surface area (Å²) in [6.45, 7) is 7.39. The minimum atomic E-state index is -0.0652. The molecular weight excluding hydrogens is 276 g/mol. The van der Waals surface area contributed by atoms with E-state index in [0.717, 1.165) is 41.9 Å². The van der Waals surface area contributed by atoms with Gasteiger partial charge in [0.25, 0.3) is 0 Å². The lowest BCUT2D eigenvalue weighted by Gasteiger charge is -2.17. The largest absolute Gasteiger partial charge is 0.331 e. The normalized spacial score (nSPS) is 18.8. The van der Waals surface area contributed by atoms with E-state index in [-0.39, 0.29) is 17.4 Å². The number of carbonyl (C=O) groups is 1. The topological polar surface area (TPSA) is 59.0 Å². The van der Waals surface area contributed by atoms with Gasteiger partial charge in [0, 0.05) is 18.2 Å². The predicted octanol–water partition coefficient (Wildman–Crippen LogP) is 2.56. The zero-order valence-corrected chi connectivity index (χ0v) is 13.7. The minimum Gasteiger partial charge on any atom is -0.331 e. The fourth-order valence-corrected chi connectivity index (χ4v) is 3.09. The van der Waals surface area contributed by atoms with Crippen molar-refractivity contribution in [1.82, 2.24) is 14.9 Å². The summed E-state index contributed by atoms with van der Waals surface area (Å²) < 4.78 is 2.12. The average Bonchev–Trinajstić information content (AvgIpc) is 3.06. The van der Waals surface area contributed by atoms with Crippen LogP contribution in [0.2, 0.25) is 0 Å². The molecule has 5 nitrogen and oxygen atoms in total. The van der Waals surface area contributed by atoms with Gasteiger partial charge < -0.3 is 15.2 Å². The maximum Gasteiger partial charge on any atom is 0.241 e. The summed E-state index contributed by atoms with van der Waals surface area (Å²) in [6, 6.07) is 5.86. The molecule has 1 aromatic carbocycles. The molecule has 118 valence electrons. The first-order valence-corrected chi connectivity index (χ1v) is 7.87. The summed E-state index contributed by atoms with van der Waals surface area (Å²) >= 11 is 0. The molecule has 0 bridgehead atoms. The van der Waals surface area contributed by atoms with Crippen LogP contribution in [0.1, 0.15) is 39.4 Å². The molecule has 1 fully saturated rings. The Hall–Kier alpha value is -1.88. The molecule has 1 atom stereocenters. The highest BCUT2D eigenvalue weighted by atomic mass is 16.2. The molecule has 1 aromatic heterocycles. The monoisotopic (exact) mass is 300 g/mol. The van der Waals surface area contributed by atoms with Gasteiger partial charge in [-0.25, -0.2) is 4.98 Å². The number of carbonyl (C=O) groups excluding carboxylic acids is 1. The summed E-state index contributed by atoms with van der Waals surface area (Å²) in [6.07, 6.45) is 1.97. The van der Waals surface area contributed by atoms with Gasteiger partial charge in [-0.15, -0.1) is 0 Å².